The lowest BCUT2D eigenvalue weighted by Crippen LogP contribution is -2.15. The number of carbonyl (C=O) groups is 1. The monoisotopic (exact) mass is 460 g/mol. The minimum Gasteiger partial charge on any atom is -0.481 e. The summed E-state index contributed by atoms with van der Waals surface area (Å²) in [6.45, 7) is 3.66. The van der Waals surface area contributed by atoms with E-state index in [1.54, 1.807) is 66.2 Å². The molecular weight excluding hydrogens is 436 g/mol. The number of benzene rings is 3. The Morgan fingerprint density at radius 1 is 0.939 bits per heavy atom. The molecule has 0 fully saturated rings. The van der Waals surface area contributed by atoms with Crippen LogP contribution in [0.2, 0.25) is 0 Å². The molecule has 0 saturated heterocycles. The third-order valence-electron chi connectivity index (χ3n) is 5.66. The molecule has 33 heavy (non-hydrogen) atoms. The van der Waals surface area contributed by atoms with E-state index < -0.39 is 21.8 Å². The molecule has 0 saturated carbocycles. The second-order valence-corrected chi connectivity index (χ2v) is 9.74. The van der Waals surface area contributed by atoms with E-state index in [0.717, 1.165) is 5.56 Å². The maximum atomic E-state index is 13.5. The SMILES string of the molecule is Cc1nn(C(C)c2ccccc2S(=O)(=O)c2ccccc2)c(-c2ccccc2)c1CC(=O)O. The highest BCUT2D eigenvalue weighted by molar-refractivity contribution is 7.91. The number of hydrogen-bond acceptors (Lipinski definition) is 4. The van der Waals surface area contributed by atoms with Crippen LogP contribution in [0.5, 0.6) is 0 Å². The molecule has 4 rings (SSSR count). The fourth-order valence-corrected chi connectivity index (χ4v) is 5.63. The van der Waals surface area contributed by atoms with Crippen LogP contribution >= 0.6 is 0 Å². The van der Waals surface area contributed by atoms with E-state index in [0.29, 0.717) is 22.5 Å². The zero-order chi connectivity index (χ0) is 23.6. The molecule has 3 aromatic carbocycles. The predicted octanol–water partition coefficient (Wildman–Crippen LogP) is 4.93. The van der Waals surface area contributed by atoms with Gasteiger partial charge in [0.15, 0.2) is 0 Å². The highest BCUT2D eigenvalue weighted by Gasteiger charge is 2.27. The number of hydrogen-bond donors (Lipinski definition) is 1. The summed E-state index contributed by atoms with van der Waals surface area (Å²) in [7, 11) is -3.76. The average Bonchev–Trinajstić information content (AvgIpc) is 3.15. The summed E-state index contributed by atoms with van der Waals surface area (Å²) in [6.07, 6.45) is -0.174. The number of aromatic nitrogens is 2. The van der Waals surface area contributed by atoms with Crippen molar-refractivity contribution in [2.75, 3.05) is 0 Å². The molecule has 7 heteroatoms. The lowest BCUT2D eigenvalue weighted by Gasteiger charge is -2.20. The number of aliphatic carboxylic acids is 1. The van der Waals surface area contributed by atoms with Gasteiger partial charge in [0, 0.05) is 11.1 Å². The zero-order valence-corrected chi connectivity index (χ0v) is 19.2. The van der Waals surface area contributed by atoms with Gasteiger partial charge < -0.3 is 5.11 Å². The summed E-state index contributed by atoms with van der Waals surface area (Å²) in [5, 5.41) is 14.2. The van der Waals surface area contributed by atoms with Crippen LogP contribution in [0.15, 0.2) is 94.7 Å². The second kappa shape index (κ2) is 9.03. The van der Waals surface area contributed by atoms with Gasteiger partial charge in [0.2, 0.25) is 9.84 Å². The number of carboxylic acid groups (broad SMARTS) is 1. The van der Waals surface area contributed by atoms with Crippen LogP contribution in [-0.4, -0.2) is 29.3 Å². The largest absolute Gasteiger partial charge is 0.481 e. The van der Waals surface area contributed by atoms with E-state index in [1.807, 2.05) is 37.3 Å². The first-order valence-corrected chi connectivity index (χ1v) is 12.0. The molecule has 4 aromatic rings. The number of rotatable bonds is 7. The zero-order valence-electron chi connectivity index (χ0n) is 18.3. The van der Waals surface area contributed by atoms with Crippen LogP contribution in [0.4, 0.5) is 0 Å². The van der Waals surface area contributed by atoms with E-state index in [4.69, 9.17) is 0 Å². The maximum absolute atomic E-state index is 13.5. The first-order valence-electron chi connectivity index (χ1n) is 10.5. The fraction of sp³-hybridized carbons (Fsp3) is 0.154. The Balaban J connectivity index is 1.91. The van der Waals surface area contributed by atoms with Gasteiger partial charge >= 0.3 is 5.97 Å². The fourth-order valence-electron chi connectivity index (χ4n) is 4.06. The second-order valence-electron chi connectivity index (χ2n) is 7.82. The quantitative estimate of drug-likeness (QED) is 0.422. The van der Waals surface area contributed by atoms with Crippen LogP contribution in [0, 0.1) is 6.92 Å². The Morgan fingerprint density at radius 3 is 2.15 bits per heavy atom. The molecule has 1 atom stereocenters. The normalized spacial score (nSPS) is 12.4. The minimum atomic E-state index is -3.76. The van der Waals surface area contributed by atoms with E-state index in [-0.39, 0.29) is 16.2 Å². The lowest BCUT2D eigenvalue weighted by atomic mass is 10.0. The minimum absolute atomic E-state index is 0.174. The van der Waals surface area contributed by atoms with Crippen molar-refractivity contribution in [2.45, 2.75) is 36.1 Å². The molecule has 0 aliphatic heterocycles. The molecule has 1 unspecified atom stereocenters. The van der Waals surface area contributed by atoms with Crippen LogP contribution in [0.3, 0.4) is 0 Å². The van der Waals surface area contributed by atoms with Crippen molar-refractivity contribution in [3.8, 4) is 11.3 Å². The summed E-state index contributed by atoms with van der Waals surface area (Å²) in [6, 6.07) is 24.2. The van der Waals surface area contributed by atoms with E-state index in [9.17, 15) is 18.3 Å². The van der Waals surface area contributed by atoms with Gasteiger partial charge in [-0.15, -0.1) is 0 Å². The van der Waals surface area contributed by atoms with Crippen molar-refractivity contribution in [1.82, 2.24) is 9.78 Å². The van der Waals surface area contributed by atoms with Gasteiger partial charge in [-0.1, -0.05) is 66.7 Å². The predicted molar refractivity (Wildman–Crippen MR) is 126 cm³/mol. The molecular formula is C26H24N2O4S. The van der Waals surface area contributed by atoms with Crippen LogP contribution in [-0.2, 0) is 21.1 Å². The smallest absolute Gasteiger partial charge is 0.307 e. The molecule has 1 aromatic heterocycles. The third-order valence-corrected chi connectivity index (χ3v) is 7.51. The number of aryl methyl sites for hydroxylation is 1. The van der Waals surface area contributed by atoms with Crippen molar-refractivity contribution in [3.05, 3.63) is 102 Å². The molecule has 0 aliphatic rings. The first kappa shape index (κ1) is 22.5. The number of sulfone groups is 1. The Morgan fingerprint density at radius 2 is 1.52 bits per heavy atom. The van der Waals surface area contributed by atoms with Gasteiger partial charge in [0.25, 0.3) is 0 Å². The van der Waals surface area contributed by atoms with E-state index in [2.05, 4.69) is 5.10 Å². The Bertz CT molecular complexity index is 1390. The molecule has 0 aliphatic carbocycles. The molecule has 0 amide bonds. The molecule has 0 bridgehead atoms. The van der Waals surface area contributed by atoms with Crippen molar-refractivity contribution < 1.29 is 18.3 Å². The lowest BCUT2D eigenvalue weighted by molar-refractivity contribution is -0.136. The molecule has 168 valence electrons. The molecule has 6 nitrogen and oxygen atoms in total. The topological polar surface area (TPSA) is 89.3 Å². The maximum Gasteiger partial charge on any atom is 0.307 e. The van der Waals surface area contributed by atoms with Crippen LogP contribution in [0.25, 0.3) is 11.3 Å². The summed E-state index contributed by atoms with van der Waals surface area (Å²) in [5.74, 6) is -0.950. The van der Waals surface area contributed by atoms with Gasteiger partial charge in [-0.3, -0.25) is 9.48 Å². The van der Waals surface area contributed by atoms with Crippen molar-refractivity contribution in [2.24, 2.45) is 0 Å². The average molecular weight is 461 g/mol. The standard InChI is InChI=1S/C26H24N2O4S/c1-18-23(17-25(29)30)26(20-11-5-3-6-12-20)28(27-18)19(2)22-15-9-10-16-24(22)33(31,32)21-13-7-4-8-14-21/h3-16,19H,17H2,1-2H3,(H,29,30). The summed E-state index contributed by atoms with van der Waals surface area (Å²) < 4.78 is 28.6. The highest BCUT2D eigenvalue weighted by atomic mass is 32.2. The molecule has 1 heterocycles. The Labute approximate surface area is 193 Å². The van der Waals surface area contributed by atoms with Gasteiger partial charge in [0.05, 0.1) is 33.6 Å². The van der Waals surface area contributed by atoms with Crippen LogP contribution in [0.1, 0.15) is 29.8 Å². The van der Waals surface area contributed by atoms with Gasteiger partial charge in [-0.05, 0) is 37.6 Å². The van der Waals surface area contributed by atoms with E-state index in [1.165, 1.54) is 0 Å². The summed E-state index contributed by atoms with van der Waals surface area (Å²) in [5.41, 5.74) is 3.30. The van der Waals surface area contributed by atoms with Crippen LogP contribution < -0.4 is 0 Å². The first-order chi connectivity index (χ1) is 15.8. The molecule has 0 radical (unpaired) electrons. The van der Waals surface area contributed by atoms with Gasteiger partial charge in [-0.25, -0.2) is 8.42 Å². The number of carboxylic acids is 1. The van der Waals surface area contributed by atoms with Crippen molar-refractivity contribution in [1.29, 1.82) is 0 Å². The van der Waals surface area contributed by atoms with Gasteiger partial charge in [-0.2, -0.15) is 5.10 Å². The summed E-state index contributed by atoms with van der Waals surface area (Å²) >= 11 is 0. The molecule has 1 N–H and O–H groups in total. The molecule has 0 spiro atoms. The van der Waals surface area contributed by atoms with Crippen molar-refractivity contribution in [3.63, 3.8) is 0 Å². The Hall–Kier alpha value is -3.71. The summed E-state index contributed by atoms with van der Waals surface area (Å²) in [4.78, 5) is 12.0. The van der Waals surface area contributed by atoms with E-state index >= 15 is 0 Å². The third kappa shape index (κ3) is 4.32. The highest BCUT2D eigenvalue weighted by Crippen LogP contribution is 2.35. The Kier molecular flexibility index (Phi) is 6.16. The number of nitrogens with zero attached hydrogens (tertiary/aromatic N) is 2. The van der Waals surface area contributed by atoms with Gasteiger partial charge in [0.1, 0.15) is 0 Å². The van der Waals surface area contributed by atoms with Crippen molar-refractivity contribution >= 4 is 15.8 Å².